The minimum Gasteiger partial charge on any atom is -0.491 e. The molecule has 4 fully saturated rings. The maximum Gasteiger partial charge on any atom is 0.120 e. The molecule has 0 atom stereocenters. The van der Waals surface area contributed by atoms with E-state index < -0.39 is 8.07 Å². The lowest BCUT2D eigenvalue weighted by atomic mass is 9.43. The van der Waals surface area contributed by atoms with Crippen molar-refractivity contribution in [1.29, 1.82) is 0 Å². The summed E-state index contributed by atoms with van der Waals surface area (Å²) in [7, 11) is -1.58. The molecule has 7 aromatic carbocycles. The highest BCUT2D eigenvalue weighted by Gasteiger charge is 2.62. The van der Waals surface area contributed by atoms with Gasteiger partial charge < -0.3 is 4.74 Å². The number of fused-ring (bicyclic) bond motifs is 5. The molecule has 0 radical (unpaired) electrons. The molecule has 1 spiro atoms. The summed E-state index contributed by atoms with van der Waals surface area (Å²) in [6, 6.07) is 48.2. The van der Waals surface area contributed by atoms with Gasteiger partial charge in [-0.1, -0.05) is 140 Å². The standard InChI is InChI=1S/C54H51ClOSi/c1-32(2)56-39-29-48(53-47-22-21-40(57(3,4)5)31-49(47)54(50(53)30-39)36-24-33-23-34(26-36)27-37(54)25-33)41-15-6-7-16-42(41)52-45-19-10-8-17-43(45)51(35-13-12-14-38(55)28-35)44-18-9-11-20-46(44)52/h6-22,28-34,36-37H,23-27H2,1-5H3. The highest BCUT2D eigenvalue weighted by atomic mass is 35.5. The Labute approximate surface area is 344 Å². The van der Waals surface area contributed by atoms with Crippen LogP contribution < -0.4 is 9.92 Å². The van der Waals surface area contributed by atoms with Gasteiger partial charge in [-0.25, -0.2) is 0 Å². The minimum atomic E-state index is -1.58. The number of halogens is 1. The first-order valence-electron chi connectivity index (χ1n) is 21.4. The van der Waals surface area contributed by atoms with Crippen LogP contribution in [-0.4, -0.2) is 14.2 Å². The van der Waals surface area contributed by atoms with Gasteiger partial charge in [0.05, 0.1) is 14.2 Å². The van der Waals surface area contributed by atoms with E-state index in [-0.39, 0.29) is 11.5 Å². The predicted octanol–water partition coefficient (Wildman–Crippen LogP) is 14.7. The molecule has 1 nitrogen and oxygen atoms in total. The Morgan fingerprint density at radius 3 is 1.74 bits per heavy atom. The molecule has 5 aliphatic rings. The number of benzene rings is 7. The second-order valence-electron chi connectivity index (χ2n) is 19.1. The van der Waals surface area contributed by atoms with Crippen molar-refractivity contribution in [1.82, 2.24) is 0 Å². The van der Waals surface area contributed by atoms with Gasteiger partial charge >= 0.3 is 0 Å². The topological polar surface area (TPSA) is 9.23 Å². The van der Waals surface area contributed by atoms with Crippen LogP contribution in [0.1, 0.15) is 57.1 Å². The van der Waals surface area contributed by atoms with Crippen molar-refractivity contribution >= 4 is 46.4 Å². The molecule has 0 aromatic heterocycles. The van der Waals surface area contributed by atoms with Crippen LogP contribution in [0.15, 0.2) is 127 Å². The zero-order chi connectivity index (χ0) is 38.8. The van der Waals surface area contributed by atoms with Gasteiger partial charge in [-0.2, -0.15) is 0 Å². The minimum absolute atomic E-state index is 0.0335. The van der Waals surface area contributed by atoms with E-state index in [9.17, 15) is 0 Å². The van der Waals surface area contributed by atoms with E-state index in [0.29, 0.717) is 11.8 Å². The van der Waals surface area contributed by atoms with Gasteiger partial charge in [0.25, 0.3) is 0 Å². The van der Waals surface area contributed by atoms with Gasteiger partial charge in [0.2, 0.25) is 0 Å². The van der Waals surface area contributed by atoms with Crippen LogP contribution in [0, 0.1) is 23.7 Å². The summed E-state index contributed by atoms with van der Waals surface area (Å²) in [5.74, 6) is 4.13. The maximum absolute atomic E-state index is 6.82. The summed E-state index contributed by atoms with van der Waals surface area (Å²) in [5, 5.41) is 7.32. The molecule has 0 N–H and O–H groups in total. The molecule has 3 heteroatoms. The van der Waals surface area contributed by atoms with Gasteiger partial charge in [0.1, 0.15) is 5.75 Å². The molecule has 5 aliphatic carbocycles. The van der Waals surface area contributed by atoms with Crippen molar-refractivity contribution in [3.8, 4) is 50.3 Å². The van der Waals surface area contributed by atoms with Crippen LogP contribution in [0.25, 0.3) is 66.1 Å². The van der Waals surface area contributed by atoms with Crippen molar-refractivity contribution in [3.63, 3.8) is 0 Å². The van der Waals surface area contributed by atoms with Gasteiger partial charge in [0, 0.05) is 10.4 Å². The fourth-order valence-electron chi connectivity index (χ4n) is 12.6. The van der Waals surface area contributed by atoms with E-state index in [1.54, 1.807) is 16.3 Å². The second kappa shape index (κ2) is 12.9. The Hall–Kier alpha value is -4.63. The zero-order valence-electron chi connectivity index (χ0n) is 33.8. The number of ether oxygens (including phenoxy) is 1. The summed E-state index contributed by atoms with van der Waals surface area (Å²) in [6.07, 6.45) is 6.98. The molecule has 0 amide bonds. The highest BCUT2D eigenvalue weighted by Crippen LogP contribution is 2.70. The van der Waals surface area contributed by atoms with Crippen LogP contribution in [0.4, 0.5) is 0 Å². The molecule has 284 valence electrons. The van der Waals surface area contributed by atoms with Gasteiger partial charge in [-0.3, -0.25) is 0 Å². The first kappa shape index (κ1) is 35.5. The molecule has 0 unspecified atom stereocenters. The largest absolute Gasteiger partial charge is 0.491 e. The van der Waals surface area contributed by atoms with Gasteiger partial charge in [0.15, 0.2) is 0 Å². The zero-order valence-corrected chi connectivity index (χ0v) is 35.6. The third kappa shape index (κ3) is 5.32. The normalized spacial score (nSPS) is 23.1. The van der Waals surface area contributed by atoms with Crippen LogP contribution in [0.3, 0.4) is 0 Å². The van der Waals surface area contributed by atoms with Crippen LogP contribution in [-0.2, 0) is 5.41 Å². The SMILES string of the molecule is CC(C)Oc1cc(-c2ccccc2-c2c3ccccc3c(-c3cccc(Cl)c3)c3ccccc23)c2c(c1)C1(c3cc([Si](C)(C)C)ccc3-2)C2CC3CC(C2)CC1C3. The second-order valence-corrected chi connectivity index (χ2v) is 24.7. The van der Waals surface area contributed by atoms with E-state index >= 15 is 0 Å². The third-order valence-corrected chi connectivity index (χ3v) is 16.8. The first-order chi connectivity index (χ1) is 27.6. The molecule has 0 aliphatic heterocycles. The lowest BCUT2D eigenvalue weighted by Gasteiger charge is -2.61. The molecule has 4 bridgehead atoms. The average Bonchev–Trinajstić information content (AvgIpc) is 3.47. The smallest absolute Gasteiger partial charge is 0.120 e. The number of hydrogen-bond donors (Lipinski definition) is 0. The van der Waals surface area contributed by atoms with Crippen molar-refractivity contribution in [2.75, 3.05) is 0 Å². The Morgan fingerprint density at radius 1 is 0.544 bits per heavy atom. The molecule has 0 saturated heterocycles. The quantitative estimate of drug-likeness (QED) is 0.121. The third-order valence-electron chi connectivity index (χ3n) is 14.5. The van der Waals surface area contributed by atoms with E-state index in [4.69, 9.17) is 16.3 Å². The fourth-order valence-corrected chi connectivity index (χ4v) is 14.0. The number of rotatable bonds is 6. The molecule has 57 heavy (non-hydrogen) atoms. The van der Waals surface area contributed by atoms with E-state index in [2.05, 4.69) is 155 Å². The summed E-state index contributed by atoms with van der Waals surface area (Å²) >= 11 is 6.66. The highest BCUT2D eigenvalue weighted by molar-refractivity contribution is 6.88. The van der Waals surface area contributed by atoms with E-state index in [1.807, 2.05) is 6.07 Å². The average molecular weight is 780 g/mol. The van der Waals surface area contributed by atoms with Gasteiger partial charge in [-0.15, -0.1) is 0 Å². The maximum atomic E-state index is 6.82. The van der Waals surface area contributed by atoms with E-state index in [1.165, 1.54) is 92.6 Å². The molecular formula is C54H51ClOSi. The molecular weight excluding hydrogens is 728 g/mol. The monoisotopic (exact) mass is 778 g/mol. The molecule has 12 rings (SSSR count). The Bertz CT molecular complexity index is 2680. The fraction of sp³-hybridized carbons (Fsp3) is 0.296. The summed E-state index contributed by atoms with van der Waals surface area (Å²) < 4.78 is 6.82. The van der Waals surface area contributed by atoms with Crippen molar-refractivity contribution in [3.05, 3.63) is 144 Å². The summed E-state index contributed by atoms with van der Waals surface area (Å²) in [6.45, 7) is 11.9. The first-order valence-corrected chi connectivity index (χ1v) is 25.3. The van der Waals surface area contributed by atoms with Crippen molar-refractivity contribution < 1.29 is 4.74 Å². The lowest BCUT2D eigenvalue weighted by Crippen LogP contribution is -2.55. The van der Waals surface area contributed by atoms with E-state index in [0.717, 1.165) is 28.2 Å². The van der Waals surface area contributed by atoms with Crippen LogP contribution in [0.2, 0.25) is 24.7 Å². The number of hydrogen-bond acceptors (Lipinski definition) is 1. The van der Waals surface area contributed by atoms with Crippen LogP contribution in [0.5, 0.6) is 5.75 Å². The summed E-state index contributed by atoms with van der Waals surface area (Å²) in [5.41, 5.74) is 13.6. The summed E-state index contributed by atoms with van der Waals surface area (Å²) in [4.78, 5) is 0. The Morgan fingerprint density at radius 2 is 1.14 bits per heavy atom. The van der Waals surface area contributed by atoms with Crippen LogP contribution >= 0.6 is 11.6 Å². The molecule has 7 aromatic rings. The van der Waals surface area contributed by atoms with Crippen molar-refractivity contribution in [2.45, 2.75) is 77.1 Å². The predicted molar refractivity (Wildman–Crippen MR) is 245 cm³/mol. The lowest BCUT2D eigenvalue weighted by molar-refractivity contribution is -0.0399. The molecule has 0 heterocycles. The van der Waals surface area contributed by atoms with Crippen molar-refractivity contribution in [2.24, 2.45) is 23.7 Å². The van der Waals surface area contributed by atoms with Gasteiger partial charge in [-0.05, 0) is 171 Å². The Kier molecular flexibility index (Phi) is 8.06. The Balaban J connectivity index is 1.23. The molecule has 4 saturated carbocycles.